The van der Waals surface area contributed by atoms with Gasteiger partial charge in [-0.25, -0.2) is 0 Å². The zero-order valence-corrected chi connectivity index (χ0v) is 49.7. The molecule has 426 valence electrons. The first kappa shape index (κ1) is 58.9. The van der Waals surface area contributed by atoms with Crippen molar-refractivity contribution in [1.29, 1.82) is 0 Å². The third-order valence-electron chi connectivity index (χ3n) is 22.7. The van der Waals surface area contributed by atoms with Gasteiger partial charge in [0.2, 0.25) is 5.91 Å². The first-order valence-corrected chi connectivity index (χ1v) is 31.3. The van der Waals surface area contributed by atoms with Crippen LogP contribution in [-0.4, -0.2) is 62.9 Å². The van der Waals surface area contributed by atoms with E-state index in [1.54, 1.807) is 18.3 Å². The lowest BCUT2D eigenvalue weighted by atomic mass is 9.50. The average Bonchev–Trinajstić information content (AvgIpc) is 3.92. The summed E-state index contributed by atoms with van der Waals surface area (Å²) in [4.78, 5) is 53.5. The van der Waals surface area contributed by atoms with Crippen LogP contribution in [-0.2, 0) is 38.1 Å². The predicted octanol–water partition coefficient (Wildman–Crippen LogP) is 15.2. The molecule has 0 saturated heterocycles. The van der Waals surface area contributed by atoms with Crippen molar-refractivity contribution < 1.29 is 38.1 Å². The normalized spacial score (nSPS) is 35.6. The number of hydrogen-bond donors (Lipinski definition) is 1. The molecule has 9 nitrogen and oxygen atoms in total. The molecule has 8 aliphatic rings. The van der Waals surface area contributed by atoms with Crippen molar-refractivity contribution in [1.82, 2.24) is 5.32 Å². The van der Waals surface area contributed by atoms with Gasteiger partial charge in [-0.2, -0.15) is 0 Å². The number of hydrogen-bond acceptors (Lipinski definition) is 8. The molecular weight excluding hydrogens is 947 g/mol. The monoisotopic (exact) mass is 1050 g/mol. The smallest absolute Gasteiger partial charge is 0.309 e. The first-order chi connectivity index (χ1) is 36.2. The predicted molar refractivity (Wildman–Crippen MR) is 304 cm³/mol. The Labute approximate surface area is 461 Å². The summed E-state index contributed by atoms with van der Waals surface area (Å²) in [6.07, 6.45) is 32.8. The van der Waals surface area contributed by atoms with Gasteiger partial charge in [-0.3, -0.25) is 19.2 Å². The van der Waals surface area contributed by atoms with E-state index in [2.05, 4.69) is 98.9 Å². The van der Waals surface area contributed by atoms with Crippen molar-refractivity contribution in [3.63, 3.8) is 0 Å². The summed E-state index contributed by atoms with van der Waals surface area (Å²) in [7, 11) is 1.55. The fraction of sp³-hybridized carbons (Fsp3) is 0.821. The third-order valence-corrected chi connectivity index (χ3v) is 22.7. The van der Waals surface area contributed by atoms with Crippen LogP contribution in [0.4, 0.5) is 0 Å². The Hall–Kier alpha value is -3.20. The second kappa shape index (κ2) is 25.1. The lowest BCUT2D eigenvalue weighted by molar-refractivity contribution is -0.161. The van der Waals surface area contributed by atoms with Gasteiger partial charge in [-0.15, -0.1) is 0 Å². The molecule has 15 atom stereocenters. The van der Waals surface area contributed by atoms with Gasteiger partial charge in [0.05, 0.1) is 25.4 Å². The molecule has 0 bridgehead atoms. The minimum absolute atomic E-state index is 0.00293. The van der Waals surface area contributed by atoms with Crippen molar-refractivity contribution in [2.45, 2.75) is 236 Å². The number of esters is 3. The van der Waals surface area contributed by atoms with Crippen molar-refractivity contribution in [3.8, 4) is 0 Å². The number of methoxy groups -OCH3 is 1. The maximum atomic E-state index is 14.0. The topological polar surface area (TPSA) is 117 Å². The van der Waals surface area contributed by atoms with Gasteiger partial charge >= 0.3 is 17.9 Å². The van der Waals surface area contributed by atoms with Gasteiger partial charge in [-0.1, -0.05) is 154 Å². The highest BCUT2D eigenvalue weighted by Gasteiger charge is 2.59. The van der Waals surface area contributed by atoms with Crippen LogP contribution in [0.15, 0.2) is 46.6 Å². The van der Waals surface area contributed by atoms with Gasteiger partial charge in [0, 0.05) is 32.9 Å². The number of amides is 1. The van der Waals surface area contributed by atoms with Gasteiger partial charge in [0.25, 0.3) is 0 Å². The van der Waals surface area contributed by atoms with E-state index in [-0.39, 0.29) is 80.4 Å². The summed E-state index contributed by atoms with van der Waals surface area (Å²) in [5.74, 6) is 4.80. The number of carbonyl (C=O) groups is 4. The zero-order chi connectivity index (χ0) is 54.6. The minimum atomic E-state index is -0.780. The molecule has 0 aromatic heterocycles. The standard InChI is InChI=1S/C67H105NO8/c1-43(2)14-12-16-45(5)54-22-24-56-52-20-18-48-41-50(28-33-64(48,7)58(52)30-35-66(54,56)9)75-61(70)27-26-60(69)68-37-32-47(40-62(71)74-39-38-73-11)63(72)76-51-29-34-65(8)49(42-51)19-21-53-57-25-23-55(46(6)17-13-15-44(3)4)67(57,10)36-31-59(53)65/h18-21,43-47,50-51,54-59H,12-17,22-42H2,1-11H3,(H,68,69)/t45-,46-,47?,50+,51+,54?,55?,56?,57?,58?,59?,64+,65+,66-,67-/m1/s1. The van der Waals surface area contributed by atoms with Crippen molar-refractivity contribution in [3.05, 3.63) is 46.6 Å². The van der Waals surface area contributed by atoms with Crippen LogP contribution < -0.4 is 5.32 Å². The zero-order valence-electron chi connectivity index (χ0n) is 49.7. The number of ether oxygens (including phenoxy) is 4. The molecule has 0 aromatic carbocycles. The molecule has 0 aromatic rings. The number of rotatable bonds is 24. The van der Waals surface area contributed by atoms with E-state index in [0.29, 0.717) is 40.9 Å². The molecule has 1 N–H and O–H groups in total. The summed E-state index contributed by atoms with van der Waals surface area (Å²) < 4.78 is 22.8. The molecular formula is C67H105NO8. The Bertz CT molecular complexity index is 2190. The van der Waals surface area contributed by atoms with Gasteiger partial charge in [0.1, 0.15) is 18.8 Å². The molecule has 0 heterocycles. The molecule has 8 rings (SSSR count). The molecule has 0 aliphatic heterocycles. The summed E-state index contributed by atoms with van der Waals surface area (Å²) in [5, 5.41) is 2.92. The fourth-order valence-corrected chi connectivity index (χ4v) is 18.2. The molecule has 7 unspecified atom stereocenters. The first-order valence-electron chi connectivity index (χ1n) is 31.3. The van der Waals surface area contributed by atoms with E-state index in [9.17, 15) is 19.2 Å². The summed E-state index contributed by atoms with van der Waals surface area (Å²) in [6, 6.07) is 0. The van der Waals surface area contributed by atoms with Gasteiger partial charge in [0.15, 0.2) is 0 Å². The highest BCUT2D eigenvalue weighted by atomic mass is 16.6. The van der Waals surface area contributed by atoms with Crippen LogP contribution in [0.1, 0.15) is 223 Å². The number of carbonyl (C=O) groups excluding carboxylic acids is 4. The molecule has 6 saturated carbocycles. The number of nitrogens with one attached hydrogen (secondary N) is 1. The highest BCUT2D eigenvalue weighted by molar-refractivity contribution is 5.82. The van der Waals surface area contributed by atoms with E-state index < -0.39 is 17.9 Å². The molecule has 76 heavy (non-hydrogen) atoms. The van der Waals surface area contributed by atoms with E-state index >= 15 is 0 Å². The Kier molecular flexibility index (Phi) is 19.4. The van der Waals surface area contributed by atoms with E-state index in [0.717, 1.165) is 67.6 Å². The van der Waals surface area contributed by atoms with Gasteiger partial charge in [-0.05, 0) is 164 Å². The van der Waals surface area contributed by atoms with Crippen molar-refractivity contribution >= 4 is 23.8 Å². The Morgan fingerprint density at radius 2 is 1.08 bits per heavy atom. The lowest BCUT2D eigenvalue weighted by Crippen LogP contribution is -2.47. The van der Waals surface area contributed by atoms with Crippen LogP contribution in [0.2, 0.25) is 0 Å². The van der Waals surface area contributed by atoms with Crippen LogP contribution in [0, 0.1) is 86.8 Å². The molecule has 0 spiro atoms. The Balaban J connectivity index is 0.803. The maximum Gasteiger partial charge on any atom is 0.309 e. The molecule has 6 fully saturated rings. The van der Waals surface area contributed by atoms with Gasteiger partial charge < -0.3 is 24.3 Å². The maximum absolute atomic E-state index is 14.0. The summed E-state index contributed by atoms with van der Waals surface area (Å²) in [6.45, 7) is 25.2. The van der Waals surface area contributed by atoms with Crippen LogP contribution >= 0.6 is 0 Å². The lowest BCUT2D eigenvalue weighted by Gasteiger charge is -2.55. The van der Waals surface area contributed by atoms with Crippen LogP contribution in [0.3, 0.4) is 0 Å². The van der Waals surface area contributed by atoms with E-state index in [1.165, 1.54) is 101 Å². The average molecular weight is 1050 g/mol. The Morgan fingerprint density at radius 3 is 1.58 bits per heavy atom. The van der Waals surface area contributed by atoms with E-state index in [1.807, 2.05) is 0 Å². The number of fused-ring (bicyclic) bond motifs is 10. The molecule has 8 aliphatic carbocycles. The molecule has 1 amide bonds. The SMILES string of the molecule is COCCOC(=O)CC(CCNC(=O)CCC(=O)O[C@H]1CC[C@@]2(C)C(=CC=C3C4CCC([C@H](C)CCCC(C)C)[C@@]4(C)CCC32)C1)C(=O)O[C@H]1CC[C@@]2(C)C(=CC=C3C4CCC([C@H](C)CCCC(C)C)[C@@]4(C)CCC32)C1. The fourth-order valence-electron chi connectivity index (χ4n) is 18.2. The Morgan fingerprint density at radius 1 is 0.566 bits per heavy atom. The van der Waals surface area contributed by atoms with Crippen LogP contribution in [0.25, 0.3) is 0 Å². The van der Waals surface area contributed by atoms with Crippen molar-refractivity contribution in [2.24, 2.45) is 86.8 Å². The largest absolute Gasteiger partial charge is 0.463 e. The molecule has 9 heteroatoms. The third kappa shape index (κ3) is 12.7. The van der Waals surface area contributed by atoms with Crippen molar-refractivity contribution in [2.75, 3.05) is 26.9 Å². The molecule has 0 radical (unpaired) electrons. The quantitative estimate of drug-likeness (QED) is 0.0577. The summed E-state index contributed by atoms with van der Waals surface area (Å²) >= 11 is 0. The van der Waals surface area contributed by atoms with E-state index in [4.69, 9.17) is 18.9 Å². The number of allylic oxidation sites excluding steroid dienone is 6. The minimum Gasteiger partial charge on any atom is -0.463 e. The summed E-state index contributed by atoms with van der Waals surface area (Å²) in [5.41, 5.74) is 7.13. The second-order valence-electron chi connectivity index (χ2n) is 28.2. The highest BCUT2D eigenvalue weighted by Crippen LogP contribution is 2.68. The second-order valence-corrected chi connectivity index (χ2v) is 28.2. The van der Waals surface area contributed by atoms with Crippen LogP contribution in [0.5, 0.6) is 0 Å².